The number of primary amides is 1. The van der Waals surface area contributed by atoms with Gasteiger partial charge in [0.05, 0.1) is 18.3 Å². The summed E-state index contributed by atoms with van der Waals surface area (Å²) in [6.07, 6.45) is 1.82. The fourth-order valence-corrected chi connectivity index (χ4v) is 1.63. The monoisotopic (exact) mass is 259 g/mol. The van der Waals surface area contributed by atoms with E-state index in [-0.39, 0.29) is 0 Å². The van der Waals surface area contributed by atoms with Gasteiger partial charge < -0.3 is 11.5 Å². The smallest absolute Gasteiger partial charge is 0.248 e. The Balaban J connectivity index is 2.13. The number of rotatable bonds is 4. The molecule has 6 nitrogen and oxygen atoms in total. The minimum absolute atomic E-state index is 0.431. The second kappa shape index (κ2) is 4.81. The Bertz CT molecular complexity index is 580. The highest BCUT2D eigenvalue weighted by Gasteiger charge is 2.18. The Morgan fingerprint density at radius 1 is 1.32 bits per heavy atom. The SMILES string of the molecule is CC(C)(N)c1cn(Cc2ccc(C(N)=O)cc2)nn1. The van der Waals surface area contributed by atoms with Gasteiger partial charge in [0.1, 0.15) is 5.69 Å². The number of amides is 1. The summed E-state index contributed by atoms with van der Waals surface area (Å²) in [4.78, 5) is 11.0. The molecule has 0 fully saturated rings. The maximum absolute atomic E-state index is 11.0. The highest BCUT2D eigenvalue weighted by molar-refractivity contribution is 5.92. The predicted molar refractivity (Wildman–Crippen MR) is 71.3 cm³/mol. The molecule has 0 spiro atoms. The molecule has 1 aromatic carbocycles. The van der Waals surface area contributed by atoms with Crippen molar-refractivity contribution < 1.29 is 4.79 Å². The van der Waals surface area contributed by atoms with Crippen LogP contribution in [-0.2, 0) is 12.1 Å². The van der Waals surface area contributed by atoms with Gasteiger partial charge in [0.15, 0.2) is 0 Å². The first-order valence-corrected chi connectivity index (χ1v) is 5.94. The molecule has 1 aromatic heterocycles. The van der Waals surface area contributed by atoms with Crippen LogP contribution in [0, 0.1) is 0 Å². The molecular weight excluding hydrogens is 242 g/mol. The van der Waals surface area contributed by atoms with Crippen LogP contribution in [0.25, 0.3) is 0 Å². The number of aromatic nitrogens is 3. The lowest BCUT2D eigenvalue weighted by atomic mass is 10.0. The van der Waals surface area contributed by atoms with Crippen LogP contribution in [0.2, 0.25) is 0 Å². The van der Waals surface area contributed by atoms with Crippen molar-refractivity contribution in [3.05, 3.63) is 47.3 Å². The summed E-state index contributed by atoms with van der Waals surface area (Å²) in [6, 6.07) is 7.08. The Morgan fingerprint density at radius 3 is 2.42 bits per heavy atom. The second-order valence-electron chi connectivity index (χ2n) is 5.08. The minimum Gasteiger partial charge on any atom is -0.366 e. The maximum Gasteiger partial charge on any atom is 0.248 e. The molecule has 1 amide bonds. The molecule has 1 heterocycles. The average Bonchev–Trinajstić information content (AvgIpc) is 2.78. The number of benzene rings is 1. The molecule has 0 radical (unpaired) electrons. The Morgan fingerprint density at radius 2 is 1.95 bits per heavy atom. The molecule has 0 aliphatic carbocycles. The molecule has 0 saturated heterocycles. The highest BCUT2D eigenvalue weighted by Crippen LogP contribution is 2.13. The summed E-state index contributed by atoms with van der Waals surface area (Å²) < 4.78 is 1.71. The minimum atomic E-state index is -0.506. The van der Waals surface area contributed by atoms with E-state index in [1.165, 1.54) is 0 Å². The third-order valence-electron chi connectivity index (χ3n) is 2.78. The standard InChI is InChI=1S/C13H17N5O/c1-13(2,15)11-8-18(17-16-11)7-9-3-5-10(6-4-9)12(14)19/h3-6,8H,7,15H2,1-2H3,(H2,14,19). The van der Waals surface area contributed by atoms with Crippen molar-refractivity contribution in [3.63, 3.8) is 0 Å². The molecular formula is C13H17N5O. The van der Waals surface area contributed by atoms with Crippen LogP contribution in [0.3, 0.4) is 0 Å². The van der Waals surface area contributed by atoms with E-state index in [1.807, 2.05) is 32.2 Å². The molecule has 0 aliphatic rings. The van der Waals surface area contributed by atoms with Crippen molar-refractivity contribution in [2.45, 2.75) is 25.9 Å². The summed E-state index contributed by atoms with van der Waals surface area (Å²) in [5, 5.41) is 8.07. The van der Waals surface area contributed by atoms with Gasteiger partial charge >= 0.3 is 0 Å². The quantitative estimate of drug-likeness (QED) is 0.840. The van der Waals surface area contributed by atoms with Gasteiger partial charge in [-0.15, -0.1) is 5.10 Å². The Kier molecular flexibility index (Phi) is 3.35. The molecule has 0 bridgehead atoms. The lowest BCUT2D eigenvalue weighted by Crippen LogP contribution is -2.29. The third kappa shape index (κ3) is 3.17. The van der Waals surface area contributed by atoms with E-state index in [4.69, 9.17) is 11.5 Å². The van der Waals surface area contributed by atoms with E-state index in [2.05, 4.69) is 10.3 Å². The number of carbonyl (C=O) groups excluding carboxylic acids is 1. The highest BCUT2D eigenvalue weighted by atomic mass is 16.1. The van der Waals surface area contributed by atoms with Gasteiger partial charge in [-0.1, -0.05) is 17.3 Å². The normalized spacial score (nSPS) is 11.5. The Labute approximate surface area is 111 Å². The lowest BCUT2D eigenvalue weighted by Gasteiger charge is -2.13. The zero-order valence-corrected chi connectivity index (χ0v) is 11.0. The summed E-state index contributed by atoms with van der Waals surface area (Å²) >= 11 is 0. The van der Waals surface area contributed by atoms with E-state index in [0.29, 0.717) is 12.1 Å². The van der Waals surface area contributed by atoms with Crippen LogP contribution >= 0.6 is 0 Å². The van der Waals surface area contributed by atoms with Gasteiger partial charge in [-0.3, -0.25) is 4.79 Å². The van der Waals surface area contributed by atoms with E-state index in [0.717, 1.165) is 11.3 Å². The van der Waals surface area contributed by atoms with Gasteiger partial charge in [-0.2, -0.15) is 0 Å². The third-order valence-corrected chi connectivity index (χ3v) is 2.78. The van der Waals surface area contributed by atoms with Crippen LogP contribution in [0.5, 0.6) is 0 Å². The molecule has 6 heteroatoms. The van der Waals surface area contributed by atoms with Gasteiger partial charge in [-0.05, 0) is 31.5 Å². The summed E-state index contributed by atoms with van der Waals surface area (Å²) in [5.74, 6) is -0.431. The van der Waals surface area contributed by atoms with Gasteiger partial charge in [0, 0.05) is 5.56 Å². The summed E-state index contributed by atoms with van der Waals surface area (Å²) in [7, 11) is 0. The summed E-state index contributed by atoms with van der Waals surface area (Å²) in [6.45, 7) is 4.33. The topological polar surface area (TPSA) is 99.8 Å². The van der Waals surface area contributed by atoms with Crippen molar-refractivity contribution in [2.24, 2.45) is 11.5 Å². The van der Waals surface area contributed by atoms with E-state index in [1.54, 1.807) is 16.8 Å². The maximum atomic E-state index is 11.0. The first-order valence-electron chi connectivity index (χ1n) is 5.94. The lowest BCUT2D eigenvalue weighted by molar-refractivity contribution is 0.100. The molecule has 100 valence electrons. The van der Waals surface area contributed by atoms with Crippen molar-refractivity contribution in [3.8, 4) is 0 Å². The summed E-state index contributed by atoms with van der Waals surface area (Å²) in [5.41, 5.74) is 12.9. The van der Waals surface area contributed by atoms with Gasteiger partial charge in [-0.25, -0.2) is 4.68 Å². The number of nitrogens with zero attached hydrogens (tertiary/aromatic N) is 3. The first kappa shape index (κ1) is 13.2. The fourth-order valence-electron chi connectivity index (χ4n) is 1.63. The van der Waals surface area contributed by atoms with E-state index in [9.17, 15) is 4.79 Å². The molecule has 0 atom stereocenters. The molecule has 0 aliphatic heterocycles. The van der Waals surface area contributed by atoms with Crippen LogP contribution in [-0.4, -0.2) is 20.9 Å². The fraction of sp³-hybridized carbons (Fsp3) is 0.308. The van der Waals surface area contributed by atoms with Crippen LogP contribution in [0.1, 0.15) is 35.5 Å². The predicted octanol–water partition coefficient (Wildman–Crippen LogP) is 0.619. The van der Waals surface area contributed by atoms with Crippen LogP contribution < -0.4 is 11.5 Å². The molecule has 19 heavy (non-hydrogen) atoms. The molecule has 0 saturated carbocycles. The zero-order valence-electron chi connectivity index (χ0n) is 11.0. The van der Waals surface area contributed by atoms with Crippen LogP contribution in [0.15, 0.2) is 30.5 Å². The second-order valence-corrected chi connectivity index (χ2v) is 5.08. The van der Waals surface area contributed by atoms with E-state index < -0.39 is 11.4 Å². The van der Waals surface area contributed by atoms with Crippen molar-refractivity contribution in [1.82, 2.24) is 15.0 Å². The average molecular weight is 259 g/mol. The van der Waals surface area contributed by atoms with Crippen molar-refractivity contribution in [1.29, 1.82) is 0 Å². The van der Waals surface area contributed by atoms with Gasteiger partial charge in [0.2, 0.25) is 5.91 Å². The number of nitrogens with two attached hydrogens (primary N) is 2. The molecule has 4 N–H and O–H groups in total. The number of hydrogen-bond donors (Lipinski definition) is 2. The van der Waals surface area contributed by atoms with E-state index >= 15 is 0 Å². The number of hydrogen-bond acceptors (Lipinski definition) is 4. The van der Waals surface area contributed by atoms with Gasteiger partial charge in [0.25, 0.3) is 0 Å². The zero-order chi connectivity index (χ0) is 14.0. The van der Waals surface area contributed by atoms with Crippen molar-refractivity contribution in [2.75, 3.05) is 0 Å². The molecule has 2 rings (SSSR count). The number of carbonyl (C=O) groups is 1. The Hall–Kier alpha value is -2.21. The molecule has 2 aromatic rings. The van der Waals surface area contributed by atoms with Crippen LogP contribution in [0.4, 0.5) is 0 Å². The molecule has 0 unspecified atom stereocenters. The first-order chi connectivity index (χ1) is 8.86. The largest absolute Gasteiger partial charge is 0.366 e. The van der Waals surface area contributed by atoms with Crippen molar-refractivity contribution >= 4 is 5.91 Å².